The van der Waals surface area contributed by atoms with Crippen LogP contribution in [0.3, 0.4) is 0 Å². The molecule has 2 aromatic rings. The lowest BCUT2D eigenvalue weighted by Crippen LogP contribution is -2.29. The Labute approximate surface area is 188 Å². The molecule has 9 heteroatoms. The number of pyridine rings is 1. The predicted octanol–water partition coefficient (Wildman–Crippen LogP) is 4.22. The summed E-state index contributed by atoms with van der Waals surface area (Å²) in [5, 5.41) is 2.68. The van der Waals surface area contributed by atoms with Gasteiger partial charge in [0.15, 0.2) is 11.6 Å². The van der Waals surface area contributed by atoms with Crippen LogP contribution in [0.25, 0.3) is 0 Å². The number of carbonyl (C=O) groups is 1. The van der Waals surface area contributed by atoms with E-state index in [2.05, 4.69) is 10.3 Å². The van der Waals surface area contributed by atoms with E-state index < -0.39 is 26.6 Å². The Hall–Kier alpha value is -2.52. The number of benzene rings is 1. The molecule has 1 N–H and O–H groups in total. The molecule has 1 amide bonds. The van der Waals surface area contributed by atoms with Crippen molar-refractivity contribution in [3.63, 3.8) is 0 Å². The first-order valence-electron chi connectivity index (χ1n) is 11.1. The lowest BCUT2D eigenvalue weighted by molar-refractivity contribution is 0.102. The molecule has 1 saturated carbocycles. The number of aromatic nitrogens is 1. The molecular formula is C23H28FN3O4S. The molecule has 2 heterocycles. The number of hydrogen-bond acceptors (Lipinski definition) is 5. The highest BCUT2D eigenvalue weighted by atomic mass is 32.2. The van der Waals surface area contributed by atoms with E-state index in [-0.39, 0.29) is 11.4 Å². The maximum Gasteiger partial charge on any atom is 0.256 e. The zero-order valence-corrected chi connectivity index (χ0v) is 18.7. The van der Waals surface area contributed by atoms with E-state index in [1.54, 1.807) is 12.1 Å². The van der Waals surface area contributed by atoms with Gasteiger partial charge >= 0.3 is 0 Å². The van der Waals surface area contributed by atoms with E-state index >= 15 is 0 Å². The second-order valence-corrected chi connectivity index (χ2v) is 10.3. The van der Waals surface area contributed by atoms with Gasteiger partial charge in [-0.25, -0.2) is 17.8 Å². The second-order valence-electron chi connectivity index (χ2n) is 8.38. The number of nitrogens with one attached hydrogen (secondary N) is 1. The Morgan fingerprint density at radius 1 is 1.12 bits per heavy atom. The molecule has 2 fully saturated rings. The first-order valence-corrected chi connectivity index (χ1v) is 12.6. The standard InChI is InChI=1S/C23H28FN3O4S/c24-19-11-10-18(15-21(19)32(29,30)27-13-4-5-14-27)23(28)26-22-20(9-6-12-25-22)31-16-17-7-2-1-3-8-17/h6,9-12,15,17H,1-5,7-8,13-14,16H2,(H,25,26,28). The molecule has 4 rings (SSSR count). The highest BCUT2D eigenvalue weighted by molar-refractivity contribution is 7.89. The molecule has 172 valence electrons. The van der Waals surface area contributed by atoms with Gasteiger partial charge in [0.1, 0.15) is 10.7 Å². The molecule has 2 aliphatic rings. The largest absolute Gasteiger partial charge is 0.489 e. The SMILES string of the molecule is O=C(Nc1ncccc1OCC1CCCCC1)c1ccc(F)c(S(=O)(=O)N2CCCC2)c1. The number of anilines is 1. The lowest BCUT2D eigenvalue weighted by Gasteiger charge is -2.22. The highest BCUT2D eigenvalue weighted by Gasteiger charge is 2.30. The summed E-state index contributed by atoms with van der Waals surface area (Å²) in [4.78, 5) is 16.6. The van der Waals surface area contributed by atoms with Crippen LogP contribution in [0.4, 0.5) is 10.2 Å². The summed E-state index contributed by atoms with van der Waals surface area (Å²) in [6.07, 6.45) is 8.96. The third-order valence-electron chi connectivity index (χ3n) is 6.08. The minimum atomic E-state index is -3.99. The maximum absolute atomic E-state index is 14.4. The fourth-order valence-electron chi connectivity index (χ4n) is 4.25. The molecule has 0 atom stereocenters. The van der Waals surface area contributed by atoms with Crippen molar-refractivity contribution in [2.24, 2.45) is 5.92 Å². The molecule has 1 aromatic carbocycles. The van der Waals surface area contributed by atoms with Crippen LogP contribution < -0.4 is 10.1 Å². The van der Waals surface area contributed by atoms with Crippen molar-refractivity contribution in [3.05, 3.63) is 47.9 Å². The maximum atomic E-state index is 14.4. The van der Waals surface area contributed by atoms with Crippen molar-refractivity contribution in [1.29, 1.82) is 0 Å². The Balaban J connectivity index is 1.50. The molecule has 7 nitrogen and oxygen atoms in total. The summed E-state index contributed by atoms with van der Waals surface area (Å²) in [6, 6.07) is 6.82. The van der Waals surface area contributed by atoms with Gasteiger partial charge in [-0.3, -0.25) is 4.79 Å². The van der Waals surface area contributed by atoms with Gasteiger partial charge in [-0.15, -0.1) is 0 Å². The van der Waals surface area contributed by atoms with E-state index in [0.717, 1.165) is 37.8 Å². The molecule has 1 aromatic heterocycles. The molecule has 0 radical (unpaired) electrons. The van der Waals surface area contributed by atoms with Crippen molar-refractivity contribution in [3.8, 4) is 5.75 Å². The van der Waals surface area contributed by atoms with E-state index in [1.165, 1.54) is 35.8 Å². The van der Waals surface area contributed by atoms with Crippen LogP contribution in [0, 0.1) is 11.7 Å². The number of hydrogen-bond donors (Lipinski definition) is 1. The van der Waals surface area contributed by atoms with Gasteiger partial charge in [-0.2, -0.15) is 4.31 Å². The molecule has 1 aliphatic heterocycles. The molecule has 32 heavy (non-hydrogen) atoms. The number of carbonyl (C=O) groups excluding carboxylic acids is 1. The zero-order chi connectivity index (χ0) is 22.6. The van der Waals surface area contributed by atoms with Gasteiger partial charge in [0.05, 0.1) is 6.61 Å². The topological polar surface area (TPSA) is 88.6 Å². The highest BCUT2D eigenvalue weighted by Crippen LogP contribution is 2.28. The van der Waals surface area contributed by atoms with Gasteiger partial charge in [0, 0.05) is 24.8 Å². The van der Waals surface area contributed by atoms with Gasteiger partial charge in [0.2, 0.25) is 10.0 Å². The fraction of sp³-hybridized carbons (Fsp3) is 0.478. The predicted molar refractivity (Wildman–Crippen MR) is 119 cm³/mol. The third-order valence-corrected chi connectivity index (χ3v) is 7.99. The van der Waals surface area contributed by atoms with Crippen LogP contribution in [0.15, 0.2) is 41.4 Å². The molecular weight excluding hydrogens is 433 g/mol. The first-order chi connectivity index (χ1) is 15.4. The summed E-state index contributed by atoms with van der Waals surface area (Å²) in [7, 11) is -3.99. The number of amides is 1. The third kappa shape index (κ3) is 5.10. The first kappa shape index (κ1) is 22.7. The van der Waals surface area contributed by atoms with Crippen molar-refractivity contribution >= 4 is 21.7 Å². The van der Waals surface area contributed by atoms with E-state index in [1.807, 2.05) is 0 Å². The van der Waals surface area contributed by atoms with E-state index in [4.69, 9.17) is 4.74 Å². The molecule has 0 spiro atoms. The quantitative estimate of drug-likeness (QED) is 0.667. The molecule has 0 unspecified atom stereocenters. The van der Waals surface area contributed by atoms with Crippen LogP contribution >= 0.6 is 0 Å². The minimum absolute atomic E-state index is 0.0352. The van der Waals surface area contributed by atoms with Crippen LogP contribution in [-0.2, 0) is 10.0 Å². The summed E-state index contributed by atoms with van der Waals surface area (Å²) < 4.78 is 47.2. The van der Waals surface area contributed by atoms with Crippen molar-refractivity contribution in [2.75, 3.05) is 25.0 Å². The van der Waals surface area contributed by atoms with E-state index in [9.17, 15) is 17.6 Å². The number of halogens is 1. The fourth-order valence-corrected chi connectivity index (χ4v) is 5.86. The smallest absolute Gasteiger partial charge is 0.256 e. The average molecular weight is 462 g/mol. The summed E-state index contributed by atoms with van der Waals surface area (Å²) in [5.74, 6) is -0.255. The molecule has 0 bridgehead atoms. The average Bonchev–Trinajstić information content (AvgIpc) is 3.35. The molecule has 1 aliphatic carbocycles. The summed E-state index contributed by atoms with van der Waals surface area (Å²) in [5.41, 5.74) is 0.0352. The van der Waals surface area contributed by atoms with Gasteiger partial charge < -0.3 is 10.1 Å². The minimum Gasteiger partial charge on any atom is -0.489 e. The van der Waals surface area contributed by atoms with Crippen LogP contribution in [-0.4, -0.2) is 43.3 Å². The summed E-state index contributed by atoms with van der Waals surface area (Å²) in [6.45, 7) is 1.27. The second kappa shape index (κ2) is 9.95. The normalized spacial score (nSPS) is 17.9. The monoisotopic (exact) mass is 461 g/mol. The van der Waals surface area contributed by atoms with Crippen LogP contribution in [0.1, 0.15) is 55.3 Å². The Morgan fingerprint density at radius 3 is 2.62 bits per heavy atom. The van der Waals surface area contributed by atoms with E-state index in [0.29, 0.717) is 31.4 Å². The zero-order valence-electron chi connectivity index (χ0n) is 17.9. The van der Waals surface area contributed by atoms with Gasteiger partial charge in [-0.05, 0) is 61.9 Å². The Morgan fingerprint density at radius 2 is 1.88 bits per heavy atom. The Bertz CT molecular complexity index is 1060. The van der Waals surface area contributed by atoms with Crippen molar-refractivity contribution in [1.82, 2.24) is 9.29 Å². The van der Waals surface area contributed by atoms with Crippen molar-refractivity contribution in [2.45, 2.75) is 49.8 Å². The van der Waals surface area contributed by atoms with Crippen LogP contribution in [0.2, 0.25) is 0 Å². The number of sulfonamides is 1. The Kier molecular flexibility index (Phi) is 7.05. The molecule has 1 saturated heterocycles. The summed E-state index contributed by atoms with van der Waals surface area (Å²) >= 11 is 0. The number of ether oxygens (including phenoxy) is 1. The number of rotatable bonds is 7. The number of nitrogens with zero attached hydrogens (tertiary/aromatic N) is 2. The van der Waals surface area contributed by atoms with Crippen LogP contribution in [0.5, 0.6) is 5.75 Å². The van der Waals surface area contributed by atoms with Crippen molar-refractivity contribution < 1.29 is 22.3 Å². The van der Waals surface area contributed by atoms with Gasteiger partial charge in [-0.1, -0.05) is 19.3 Å². The van der Waals surface area contributed by atoms with Gasteiger partial charge in [0.25, 0.3) is 5.91 Å². The lowest BCUT2D eigenvalue weighted by atomic mass is 9.90.